The van der Waals surface area contributed by atoms with Crippen LogP contribution in [0.4, 0.5) is 17.1 Å². The molecule has 0 heterocycles. The normalized spacial score (nSPS) is 10.9. The monoisotopic (exact) mass is 339 g/mol. The lowest BCUT2D eigenvalue weighted by atomic mass is 10.2. The molecule has 0 aliphatic carbocycles. The molecule has 0 radical (unpaired) electrons. The van der Waals surface area contributed by atoms with Crippen LogP contribution in [0.25, 0.3) is 0 Å². The van der Waals surface area contributed by atoms with Gasteiger partial charge in [-0.05, 0) is 6.07 Å². The van der Waals surface area contributed by atoms with E-state index in [0.717, 1.165) is 12.1 Å². The van der Waals surface area contributed by atoms with Crippen molar-refractivity contribution in [3.05, 3.63) is 38.4 Å². The standard InChI is InChI=1S/C7H6BrN3O6S/c8-4-18(16,17)9-6-2-1-5(10(12)13)3-7(6)11(14)15/h1-3,9H,4H2. The molecule has 1 N–H and O–H groups in total. The molecule has 0 aliphatic heterocycles. The summed E-state index contributed by atoms with van der Waals surface area (Å²) in [5, 5.41) is 21.2. The summed E-state index contributed by atoms with van der Waals surface area (Å²) in [5.41, 5.74) is -1.51. The molecule has 9 nitrogen and oxygen atoms in total. The molecule has 0 bridgehead atoms. The zero-order chi connectivity index (χ0) is 13.9. The molecule has 98 valence electrons. The summed E-state index contributed by atoms with van der Waals surface area (Å²) in [4.78, 5) is 19.5. The quantitative estimate of drug-likeness (QED) is 0.492. The van der Waals surface area contributed by atoms with Crippen LogP contribution in [-0.4, -0.2) is 22.9 Å². The largest absolute Gasteiger partial charge is 0.300 e. The zero-order valence-corrected chi connectivity index (χ0v) is 11.0. The Labute approximate surface area is 109 Å². The highest BCUT2D eigenvalue weighted by molar-refractivity contribution is 9.10. The first-order valence-corrected chi connectivity index (χ1v) is 7.03. The minimum absolute atomic E-state index is 0.329. The Hall–Kier alpha value is -1.75. The molecule has 0 aliphatic rings. The van der Waals surface area contributed by atoms with Gasteiger partial charge in [-0.2, -0.15) is 0 Å². The van der Waals surface area contributed by atoms with Gasteiger partial charge in [0.05, 0.1) is 15.9 Å². The second-order valence-electron chi connectivity index (χ2n) is 3.04. The van der Waals surface area contributed by atoms with Gasteiger partial charge in [0, 0.05) is 6.07 Å². The molecule has 11 heteroatoms. The van der Waals surface area contributed by atoms with Gasteiger partial charge in [-0.25, -0.2) is 8.42 Å². The number of sulfonamides is 1. The summed E-state index contributed by atoms with van der Waals surface area (Å²) in [6, 6.07) is 2.63. The van der Waals surface area contributed by atoms with Gasteiger partial charge in [-0.15, -0.1) is 0 Å². The number of hydrogen-bond acceptors (Lipinski definition) is 6. The molecule has 0 fully saturated rings. The maximum absolute atomic E-state index is 11.2. The average Bonchev–Trinajstić information content (AvgIpc) is 2.28. The second-order valence-corrected chi connectivity index (χ2v) is 6.07. The van der Waals surface area contributed by atoms with Crippen LogP contribution in [0.15, 0.2) is 18.2 Å². The van der Waals surface area contributed by atoms with Gasteiger partial charge in [0.1, 0.15) is 10.3 Å². The summed E-state index contributed by atoms with van der Waals surface area (Å²) < 4.78 is 24.0. The molecule has 0 amide bonds. The fraction of sp³-hybridized carbons (Fsp3) is 0.143. The Kier molecular flexibility index (Phi) is 4.19. The minimum atomic E-state index is -3.77. The third-order valence-corrected chi connectivity index (χ3v) is 4.42. The number of nitro benzene ring substituents is 2. The van der Waals surface area contributed by atoms with Gasteiger partial charge < -0.3 is 0 Å². The van der Waals surface area contributed by atoms with Crippen LogP contribution in [0.2, 0.25) is 0 Å². The van der Waals surface area contributed by atoms with E-state index in [1.54, 1.807) is 0 Å². The fourth-order valence-corrected chi connectivity index (χ4v) is 1.97. The van der Waals surface area contributed by atoms with E-state index in [-0.39, 0.29) is 5.69 Å². The van der Waals surface area contributed by atoms with Crippen molar-refractivity contribution in [3.63, 3.8) is 0 Å². The van der Waals surface area contributed by atoms with Crippen LogP contribution in [0.1, 0.15) is 0 Å². The van der Waals surface area contributed by atoms with Gasteiger partial charge in [0.25, 0.3) is 11.4 Å². The van der Waals surface area contributed by atoms with Crippen molar-refractivity contribution in [2.75, 3.05) is 9.38 Å². The molecule has 0 aromatic heterocycles. The number of alkyl halides is 1. The third-order valence-electron chi connectivity index (χ3n) is 1.80. The molecule has 1 aromatic rings. The van der Waals surface area contributed by atoms with E-state index in [1.165, 1.54) is 0 Å². The van der Waals surface area contributed by atoms with E-state index in [2.05, 4.69) is 15.9 Å². The minimum Gasteiger partial charge on any atom is -0.276 e. The lowest BCUT2D eigenvalue weighted by molar-refractivity contribution is -0.393. The van der Waals surface area contributed by atoms with Crippen molar-refractivity contribution in [1.29, 1.82) is 0 Å². The van der Waals surface area contributed by atoms with Crippen molar-refractivity contribution in [3.8, 4) is 0 Å². The topological polar surface area (TPSA) is 132 Å². The van der Waals surface area contributed by atoms with Crippen LogP contribution in [0, 0.1) is 20.2 Å². The number of non-ortho nitro benzene ring substituents is 1. The number of nitrogens with zero attached hydrogens (tertiary/aromatic N) is 2. The highest BCUT2D eigenvalue weighted by Gasteiger charge is 2.22. The predicted octanol–water partition coefficient (Wildman–Crippen LogP) is 1.60. The number of rotatable bonds is 5. The van der Waals surface area contributed by atoms with Crippen molar-refractivity contribution >= 4 is 43.0 Å². The smallest absolute Gasteiger partial charge is 0.276 e. The summed E-state index contributed by atoms with van der Waals surface area (Å²) >= 11 is 2.70. The second kappa shape index (κ2) is 5.27. The van der Waals surface area contributed by atoms with E-state index in [1.807, 2.05) is 4.72 Å². The zero-order valence-electron chi connectivity index (χ0n) is 8.57. The Morgan fingerprint density at radius 3 is 2.28 bits per heavy atom. The molecule has 0 atom stereocenters. The van der Waals surface area contributed by atoms with Gasteiger partial charge in [0.2, 0.25) is 10.0 Å². The van der Waals surface area contributed by atoms with E-state index >= 15 is 0 Å². The molecule has 1 rings (SSSR count). The van der Waals surface area contributed by atoms with Gasteiger partial charge >= 0.3 is 0 Å². The fourth-order valence-electron chi connectivity index (χ4n) is 1.07. The van der Waals surface area contributed by atoms with Gasteiger partial charge in [-0.1, -0.05) is 15.9 Å². The number of halogens is 1. The number of hydrogen-bond donors (Lipinski definition) is 1. The predicted molar refractivity (Wildman–Crippen MR) is 66.1 cm³/mol. The van der Waals surface area contributed by atoms with Crippen LogP contribution in [-0.2, 0) is 10.0 Å². The number of nitro groups is 2. The molecule has 0 spiro atoms. The number of nitrogens with one attached hydrogen (secondary N) is 1. The first kappa shape index (κ1) is 14.3. The number of anilines is 1. The van der Waals surface area contributed by atoms with Crippen LogP contribution in [0.5, 0.6) is 0 Å². The lowest BCUT2D eigenvalue weighted by Crippen LogP contribution is -2.14. The van der Waals surface area contributed by atoms with Crippen molar-refractivity contribution in [2.24, 2.45) is 0 Å². The third kappa shape index (κ3) is 3.37. The SMILES string of the molecule is O=[N+]([O-])c1ccc(NS(=O)(=O)CBr)c([N+](=O)[O-])c1. The summed E-state index contributed by atoms with van der Waals surface area (Å²) in [6.45, 7) is 0. The summed E-state index contributed by atoms with van der Waals surface area (Å²) in [6.07, 6.45) is 0. The first-order valence-electron chi connectivity index (χ1n) is 4.26. The van der Waals surface area contributed by atoms with E-state index in [0.29, 0.717) is 6.07 Å². The molecule has 0 saturated carbocycles. The molecule has 1 aromatic carbocycles. The van der Waals surface area contributed by atoms with Crippen LogP contribution < -0.4 is 4.72 Å². The van der Waals surface area contributed by atoms with Crippen LogP contribution in [0.3, 0.4) is 0 Å². The molecule has 0 saturated heterocycles. The highest BCUT2D eigenvalue weighted by atomic mass is 79.9. The Morgan fingerprint density at radius 2 is 1.83 bits per heavy atom. The van der Waals surface area contributed by atoms with Gasteiger partial charge in [0.15, 0.2) is 0 Å². The van der Waals surface area contributed by atoms with E-state index in [9.17, 15) is 28.6 Å². The Balaban J connectivity index is 3.29. The van der Waals surface area contributed by atoms with E-state index in [4.69, 9.17) is 0 Å². The van der Waals surface area contributed by atoms with Crippen molar-refractivity contribution in [1.82, 2.24) is 0 Å². The molecule has 0 unspecified atom stereocenters. The molecular weight excluding hydrogens is 334 g/mol. The van der Waals surface area contributed by atoms with Crippen LogP contribution >= 0.6 is 15.9 Å². The maximum Gasteiger partial charge on any atom is 0.300 e. The average molecular weight is 340 g/mol. The number of benzene rings is 1. The summed E-state index contributed by atoms with van der Waals surface area (Å²) in [7, 11) is -3.77. The lowest BCUT2D eigenvalue weighted by Gasteiger charge is -2.05. The molecular formula is C7H6BrN3O6S. The Morgan fingerprint density at radius 1 is 1.22 bits per heavy atom. The highest BCUT2D eigenvalue weighted by Crippen LogP contribution is 2.29. The van der Waals surface area contributed by atoms with E-state index < -0.39 is 35.9 Å². The van der Waals surface area contributed by atoms with Gasteiger partial charge in [-0.3, -0.25) is 25.0 Å². The van der Waals surface area contributed by atoms with Crippen molar-refractivity contribution < 1.29 is 18.3 Å². The Bertz CT molecular complexity index is 601. The maximum atomic E-state index is 11.2. The first-order chi connectivity index (χ1) is 8.26. The van der Waals surface area contributed by atoms with Crippen molar-refractivity contribution in [2.45, 2.75) is 0 Å². The summed E-state index contributed by atoms with van der Waals surface area (Å²) in [5.74, 6) is 0. The molecule has 18 heavy (non-hydrogen) atoms.